The zero-order valence-corrected chi connectivity index (χ0v) is 17.3. The van der Waals surface area contributed by atoms with E-state index >= 15 is 0 Å². The molecule has 0 saturated carbocycles. The average Bonchev–Trinajstić information content (AvgIpc) is 2.55. The van der Waals surface area contributed by atoms with Gasteiger partial charge in [-0.1, -0.05) is 12.1 Å². The molecule has 7 heteroatoms. The fourth-order valence-corrected chi connectivity index (χ4v) is 1.95. The first-order valence-electron chi connectivity index (χ1n) is 7.92. The molecule has 1 aromatic carbocycles. The third-order valence-electron chi connectivity index (χ3n) is 3.30. The average molecular weight is 448 g/mol. The highest BCUT2D eigenvalue weighted by molar-refractivity contribution is 14.0. The topological polar surface area (TPSA) is 66.0 Å². The Labute approximate surface area is 162 Å². The Morgan fingerprint density at radius 3 is 2.42 bits per heavy atom. The van der Waals surface area contributed by atoms with Gasteiger partial charge in [0.2, 0.25) is 5.91 Å². The van der Waals surface area contributed by atoms with Gasteiger partial charge >= 0.3 is 0 Å². The van der Waals surface area contributed by atoms with E-state index in [1.165, 1.54) is 5.56 Å². The largest absolute Gasteiger partial charge is 0.497 e. The van der Waals surface area contributed by atoms with Crippen LogP contribution in [-0.2, 0) is 11.2 Å². The summed E-state index contributed by atoms with van der Waals surface area (Å²) < 4.78 is 5.15. The summed E-state index contributed by atoms with van der Waals surface area (Å²) in [5, 5.41) is 6.47. The van der Waals surface area contributed by atoms with E-state index in [2.05, 4.69) is 27.8 Å². The molecule has 0 aliphatic carbocycles. The van der Waals surface area contributed by atoms with E-state index in [1.807, 2.05) is 19.1 Å². The Bertz CT molecular complexity index is 504. The fraction of sp³-hybridized carbons (Fsp3) is 0.529. The van der Waals surface area contributed by atoms with Crippen LogP contribution in [0, 0.1) is 0 Å². The SMILES string of the molecule is CCNC(=NCCC(=O)N(C)C)NCCc1ccc(OC)cc1.I. The normalized spacial score (nSPS) is 10.6. The summed E-state index contributed by atoms with van der Waals surface area (Å²) in [7, 11) is 5.17. The minimum absolute atomic E-state index is 0. The van der Waals surface area contributed by atoms with Gasteiger partial charge in [-0.2, -0.15) is 0 Å². The van der Waals surface area contributed by atoms with Gasteiger partial charge in [0.1, 0.15) is 5.75 Å². The molecule has 0 aliphatic heterocycles. The van der Waals surface area contributed by atoms with Crippen LogP contribution in [0.4, 0.5) is 0 Å². The number of ether oxygens (including phenoxy) is 1. The van der Waals surface area contributed by atoms with Gasteiger partial charge in [-0.05, 0) is 31.0 Å². The highest BCUT2D eigenvalue weighted by Gasteiger charge is 2.03. The van der Waals surface area contributed by atoms with E-state index < -0.39 is 0 Å². The van der Waals surface area contributed by atoms with E-state index in [9.17, 15) is 4.79 Å². The number of amides is 1. The summed E-state index contributed by atoms with van der Waals surface area (Å²) in [5.74, 6) is 1.69. The molecule has 1 aromatic rings. The summed E-state index contributed by atoms with van der Waals surface area (Å²) in [6, 6.07) is 8.03. The van der Waals surface area contributed by atoms with E-state index in [0.29, 0.717) is 13.0 Å². The number of nitrogens with one attached hydrogen (secondary N) is 2. The first-order valence-corrected chi connectivity index (χ1v) is 7.92. The van der Waals surface area contributed by atoms with Gasteiger partial charge < -0.3 is 20.3 Å². The van der Waals surface area contributed by atoms with Crippen molar-refractivity contribution in [3.8, 4) is 5.75 Å². The summed E-state index contributed by atoms with van der Waals surface area (Å²) in [4.78, 5) is 17.5. The van der Waals surface area contributed by atoms with Crippen molar-refractivity contribution < 1.29 is 9.53 Å². The molecule has 0 aliphatic rings. The number of methoxy groups -OCH3 is 1. The molecule has 0 bridgehead atoms. The summed E-state index contributed by atoms with van der Waals surface area (Å²) >= 11 is 0. The number of carbonyl (C=O) groups excluding carboxylic acids is 1. The number of carbonyl (C=O) groups is 1. The van der Waals surface area contributed by atoms with Crippen LogP contribution in [0.1, 0.15) is 18.9 Å². The molecule has 0 atom stereocenters. The molecule has 0 unspecified atom stereocenters. The van der Waals surface area contributed by atoms with Crippen molar-refractivity contribution in [2.45, 2.75) is 19.8 Å². The molecule has 6 nitrogen and oxygen atoms in total. The van der Waals surface area contributed by atoms with Gasteiger partial charge in [-0.25, -0.2) is 0 Å². The van der Waals surface area contributed by atoms with Crippen LogP contribution in [0.15, 0.2) is 29.3 Å². The molecule has 1 amide bonds. The fourth-order valence-electron chi connectivity index (χ4n) is 1.95. The minimum Gasteiger partial charge on any atom is -0.497 e. The Hall–Kier alpha value is -1.51. The number of nitrogens with zero attached hydrogens (tertiary/aromatic N) is 2. The van der Waals surface area contributed by atoms with E-state index in [1.54, 1.807) is 26.1 Å². The number of benzene rings is 1. The molecule has 0 aromatic heterocycles. The highest BCUT2D eigenvalue weighted by Crippen LogP contribution is 2.11. The van der Waals surface area contributed by atoms with Crippen LogP contribution in [-0.4, -0.2) is 57.6 Å². The molecular weight excluding hydrogens is 419 g/mol. The second kappa shape index (κ2) is 12.9. The van der Waals surface area contributed by atoms with Crippen molar-refractivity contribution in [2.75, 3.05) is 40.8 Å². The number of halogens is 1. The van der Waals surface area contributed by atoms with Crippen molar-refractivity contribution in [3.63, 3.8) is 0 Å². The second-order valence-electron chi connectivity index (χ2n) is 5.32. The molecular formula is C17H29IN4O2. The molecule has 1 rings (SSSR count). The molecule has 0 spiro atoms. The van der Waals surface area contributed by atoms with Gasteiger partial charge in [-0.15, -0.1) is 24.0 Å². The first-order chi connectivity index (χ1) is 11.1. The third-order valence-corrected chi connectivity index (χ3v) is 3.30. The van der Waals surface area contributed by atoms with Crippen molar-refractivity contribution in [1.82, 2.24) is 15.5 Å². The number of guanidine groups is 1. The summed E-state index contributed by atoms with van der Waals surface area (Å²) in [6.07, 6.45) is 1.31. The van der Waals surface area contributed by atoms with Crippen LogP contribution in [0.5, 0.6) is 5.75 Å². The van der Waals surface area contributed by atoms with Gasteiger partial charge in [0.25, 0.3) is 0 Å². The van der Waals surface area contributed by atoms with Gasteiger partial charge in [0.05, 0.1) is 13.7 Å². The molecule has 2 N–H and O–H groups in total. The van der Waals surface area contributed by atoms with Crippen LogP contribution in [0.25, 0.3) is 0 Å². The number of hydrogen-bond donors (Lipinski definition) is 2. The Morgan fingerprint density at radius 2 is 1.88 bits per heavy atom. The van der Waals surface area contributed by atoms with Crippen LogP contribution in [0.2, 0.25) is 0 Å². The zero-order chi connectivity index (χ0) is 17.1. The first kappa shape index (κ1) is 22.5. The maximum absolute atomic E-state index is 11.5. The maximum atomic E-state index is 11.5. The number of aliphatic imine (C=N–C) groups is 1. The van der Waals surface area contributed by atoms with Crippen molar-refractivity contribution in [2.24, 2.45) is 4.99 Å². The lowest BCUT2D eigenvalue weighted by molar-refractivity contribution is -0.128. The number of hydrogen-bond acceptors (Lipinski definition) is 3. The molecule has 0 fully saturated rings. The predicted octanol–water partition coefficient (Wildman–Crippen LogP) is 1.89. The summed E-state index contributed by atoms with van der Waals surface area (Å²) in [6.45, 7) is 4.07. The van der Waals surface area contributed by atoms with E-state index in [0.717, 1.165) is 31.2 Å². The van der Waals surface area contributed by atoms with Gasteiger partial charge in [-0.3, -0.25) is 9.79 Å². The molecule has 0 saturated heterocycles. The lowest BCUT2D eigenvalue weighted by atomic mass is 10.1. The van der Waals surface area contributed by atoms with Crippen molar-refractivity contribution in [3.05, 3.63) is 29.8 Å². The number of rotatable bonds is 8. The minimum atomic E-state index is 0. The van der Waals surface area contributed by atoms with Crippen LogP contribution < -0.4 is 15.4 Å². The quantitative estimate of drug-likeness (QED) is 0.362. The smallest absolute Gasteiger partial charge is 0.223 e. The lowest BCUT2D eigenvalue weighted by Crippen LogP contribution is -2.38. The Kier molecular flexibility index (Phi) is 12.0. The molecule has 24 heavy (non-hydrogen) atoms. The van der Waals surface area contributed by atoms with Crippen LogP contribution >= 0.6 is 24.0 Å². The van der Waals surface area contributed by atoms with E-state index in [4.69, 9.17) is 4.74 Å². The van der Waals surface area contributed by atoms with Crippen molar-refractivity contribution >= 4 is 35.8 Å². The van der Waals surface area contributed by atoms with Gasteiger partial charge in [0.15, 0.2) is 5.96 Å². The molecule has 0 radical (unpaired) electrons. The zero-order valence-electron chi connectivity index (χ0n) is 15.0. The van der Waals surface area contributed by atoms with E-state index in [-0.39, 0.29) is 29.9 Å². The molecule has 0 heterocycles. The van der Waals surface area contributed by atoms with Crippen LogP contribution in [0.3, 0.4) is 0 Å². The second-order valence-corrected chi connectivity index (χ2v) is 5.32. The Morgan fingerprint density at radius 1 is 1.21 bits per heavy atom. The molecule has 136 valence electrons. The maximum Gasteiger partial charge on any atom is 0.223 e. The summed E-state index contributed by atoms with van der Waals surface area (Å²) in [5.41, 5.74) is 1.23. The highest BCUT2D eigenvalue weighted by atomic mass is 127. The standard InChI is InChI=1S/C17H28N4O2.HI/c1-5-18-17(20-13-11-16(22)21(2)3)19-12-10-14-6-8-15(23-4)9-7-14;/h6-9H,5,10-13H2,1-4H3,(H2,18,19,20);1H. The predicted molar refractivity (Wildman–Crippen MR) is 109 cm³/mol. The Balaban J connectivity index is 0.00000529. The third kappa shape index (κ3) is 8.95. The van der Waals surface area contributed by atoms with Crippen molar-refractivity contribution in [1.29, 1.82) is 0 Å². The lowest BCUT2D eigenvalue weighted by Gasteiger charge is -2.12. The monoisotopic (exact) mass is 448 g/mol. The van der Waals surface area contributed by atoms with Gasteiger partial charge in [0, 0.05) is 33.6 Å².